The van der Waals surface area contributed by atoms with Crippen LogP contribution in [0.4, 0.5) is 0 Å². The third kappa shape index (κ3) is 3.61. The van der Waals surface area contributed by atoms with E-state index in [2.05, 4.69) is 56.3 Å². The van der Waals surface area contributed by atoms with Crippen molar-refractivity contribution in [2.45, 2.75) is 32.1 Å². The van der Waals surface area contributed by atoms with Crippen molar-refractivity contribution in [2.75, 3.05) is 21.3 Å². The Bertz CT molecular complexity index is 597. The van der Waals surface area contributed by atoms with Gasteiger partial charge in [-0.15, -0.1) is 0 Å². The molecule has 0 spiro atoms. The predicted molar refractivity (Wildman–Crippen MR) is 94.0 cm³/mol. The molecular formula is C20H26O3. The maximum Gasteiger partial charge on any atom is 0.203 e. The van der Waals surface area contributed by atoms with Crippen LogP contribution in [0.15, 0.2) is 42.5 Å². The first-order chi connectivity index (χ1) is 11.2. The van der Waals surface area contributed by atoms with Gasteiger partial charge in [0.1, 0.15) is 0 Å². The zero-order valence-corrected chi connectivity index (χ0v) is 14.6. The molecule has 124 valence electrons. The Morgan fingerprint density at radius 3 is 1.83 bits per heavy atom. The molecule has 0 heterocycles. The zero-order valence-electron chi connectivity index (χ0n) is 14.6. The number of hydrogen-bond acceptors (Lipinski definition) is 3. The fourth-order valence-electron chi connectivity index (χ4n) is 3.17. The second-order valence-corrected chi connectivity index (χ2v) is 5.67. The van der Waals surface area contributed by atoms with Crippen LogP contribution in [0.1, 0.15) is 43.2 Å². The van der Waals surface area contributed by atoms with Crippen molar-refractivity contribution in [2.24, 2.45) is 0 Å². The van der Waals surface area contributed by atoms with Crippen molar-refractivity contribution in [1.29, 1.82) is 0 Å². The highest BCUT2D eigenvalue weighted by atomic mass is 16.5. The van der Waals surface area contributed by atoms with Gasteiger partial charge < -0.3 is 14.2 Å². The van der Waals surface area contributed by atoms with Gasteiger partial charge in [-0.3, -0.25) is 0 Å². The van der Waals surface area contributed by atoms with Crippen LogP contribution >= 0.6 is 0 Å². The SMILES string of the molecule is CCC(c1ccccc1)C(C)c1cc(OC)c(OC)c(OC)c1. The largest absolute Gasteiger partial charge is 0.493 e. The molecule has 0 aliphatic heterocycles. The van der Waals surface area contributed by atoms with Gasteiger partial charge in [0.2, 0.25) is 5.75 Å². The van der Waals surface area contributed by atoms with Crippen LogP contribution in [0, 0.1) is 0 Å². The number of rotatable bonds is 7. The standard InChI is InChI=1S/C20H26O3/c1-6-17(15-10-8-7-9-11-15)14(2)16-12-18(21-3)20(23-5)19(13-16)22-4/h7-14,17H,6H2,1-5H3. The summed E-state index contributed by atoms with van der Waals surface area (Å²) >= 11 is 0. The van der Waals surface area contributed by atoms with E-state index >= 15 is 0 Å². The Hall–Kier alpha value is -2.16. The molecular weight excluding hydrogens is 288 g/mol. The molecule has 2 aromatic rings. The smallest absolute Gasteiger partial charge is 0.203 e. The topological polar surface area (TPSA) is 27.7 Å². The van der Waals surface area contributed by atoms with Crippen LogP contribution in [0.25, 0.3) is 0 Å². The summed E-state index contributed by atoms with van der Waals surface area (Å²) in [6.45, 7) is 4.48. The molecule has 0 saturated carbocycles. The molecule has 0 aliphatic carbocycles. The maximum atomic E-state index is 5.48. The highest BCUT2D eigenvalue weighted by Gasteiger charge is 2.22. The van der Waals surface area contributed by atoms with Crippen molar-refractivity contribution in [3.8, 4) is 17.2 Å². The van der Waals surface area contributed by atoms with Crippen molar-refractivity contribution >= 4 is 0 Å². The van der Waals surface area contributed by atoms with E-state index in [0.717, 1.165) is 6.42 Å². The first-order valence-electron chi connectivity index (χ1n) is 8.01. The molecule has 0 bridgehead atoms. The normalized spacial score (nSPS) is 13.3. The Kier molecular flexibility index (Phi) is 5.91. The van der Waals surface area contributed by atoms with E-state index in [4.69, 9.17) is 14.2 Å². The lowest BCUT2D eigenvalue weighted by molar-refractivity contribution is 0.323. The van der Waals surface area contributed by atoms with Crippen LogP contribution in [-0.2, 0) is 0 Å². The van der Waals surface area contributed by atoms with Gasteiger partial charge in [-0.1, -0.05) is 44.2 Å². The van der Waals surface area contributed by atoms with Gasteiger partial charge in [0.25, 0.3) is 0 Å². The van der Waals surface area contributed by atoms with Crippen LogP contribution in [0.2, 0.25) is 0 Å². The monoisotopic (exact) mass is 314 g/mol. The lowest BCUT2D eigenvalue weighted by atomic mass is 9.81. The van der Waals surface area contributed by atoms with Crippen LogP contribution in [0.5, 0.6) is 17.2 Å². The highest BCUT2D eigenvalue weighted by Crippen LogP contribution is 2.43. The van der Waals surface area contributed by atoms with Crippen molar-refractivity contribution < 1.29 is 14.2 Å². The van der Waals surface area contributed by atoms with Gasteiger partial charge >= 0.3 is 0 Å². The average molecular weight is 314 g/mol. The minimum absolute atomic E-state index is 0.344. The van der Waals surface area contributed by atoms with Gasteiger partial charge in [0, 0.05) is 0 Å². The van der Waals surface area contributed by atoms with Crippen LogP contribution < -0.4 is 14.2 Å². The van der Waals surface area contributed by atoms with E-state index in [9.17, 15) is 0 Å². The number of benzene rings is 2. The van der Waals surface area contributed by atoms with E-state index in [0.29, 0.717) is 29.1 Å². The van der Waals surface area contributed by atoms with Gasteiger partial charge in [-0.05, 0) is 41.5 Å². The fraction of sp³-hybridized carbons (Fsp3) is 0.400. The van der Waals surface area contributed by atoms with E-state index in [1.165, 1.54) is 11.1 Å². The molecule has 0 amide bonds. The zero-order chi connectivity index (χ0) is 16.8. The Morgan fingerprint density at radius 2 is 1.39 bits per heavy atom. The van der Waals surface area contributed by atoms with Gasteiger partial charge in [0.05, 0.1) is 21.3 Å². The molecule has 0 saturated heterocycles. The summed E-state index contributed by atoms with van der Waals surface area (Å²) in [6.07, 6.45) is 1.07. The molecule has 2 aromatic carbocycles. The highest BCUT2D eigenvalue weighted by molar-refractivity contribution is 5.54. The molecule has 2 rings (SSSR count). The molecule has 0 aliphatic rings. The molecule has 2 unspecified atom stereocenters. The van der Waals surface area contributed by atoms with Crippen molar-refractivity contribution in [3.05, 3.63) is 53.6 Å². The predicted octanol–water partition coefficient (Wildman–Crippen LogP) is 5.01. The van der Waals surface area contributed by atoms with Crippen LogP contribution in [0.3, 0.4) is 0 Å². The lowest BCUT2D eigenvalue weighted by Gasteiger charge is -2.25. The Morgan fingerprint density at radius 1 is 0.826 bits per heavy atom. The minimum Gasteiger partial charge on any atom is -0.493 e. The van der Waals surface area contributed by atoms with E-state index in [1.807, 2.05) is 0 Å². The quantitative estimate of drug-likeness (QED) is 0.719. The second kappa shape index (κ2) is 7.91. The molecule has 0 radical (unpaired) electrons. The maximum absolute atomic E-state index is 5.48. The number of ether oxygens (including phenoxy) is 3. The van der Waals surface area contributed by atoms with Gasteiger partial charge in [-0.25, -0.2) is 0 Å². The molecule has 0 aromatic heterocycles. The summed E-state index contributed by atoms with van der Waals surface area (Å²) in [4.78, 5) is 0. The molecule has 2 atom stereocenters. The van der Waals surface area contributed by atoms with Crippen LogP contribution in [-0.4, -0.2) is 21.3 Å². The summed E-state index contributed by atoms with van der Waals surface area (Å²) in [5, 5.41) is 0. The number of hydrogen-bond donors (Lipinski definition) is 0. The third-order valence-electron chi connectivity index (χ3n) is 4.48. The first-order valence-corrected chi connectivity index (χ1v) is 8.01. The Balaban J connectivity index is 2.43. The lowest BCUT2D eigenvalue weighted by Crippen LogP contribution is -2.08. The van der Waals surface area contributed by atoms with E-state index in [-0.39, 0.29) is 0 Å². The minimum atomic E-state index is 0.344. The summed E-state index contributed by atoms with van der Waals surface area (Å²) in [6, 6.07) is 14.8. The fourth-order valence-corrected chi connectivity index (χ4v) is 3.17. The van der Waals surface area contributed by atoms with E-state index in [1.54, 1.807) is 21.3 Å². The molecule has 0 fully saturated rings. The summed E-state index contributed by atoms with van der Waals surface area (Å²) in [5.74, 6) is 2.84. The summed E-state index contributed by atoms with van der Waals surface area (Å²) in [7, 11) is 4.93. The second-order valence-electron chi connectivity index (χ2n) is 5.67. The van der Waals surface area contributed by atoms with E-state index < -0.39 is 0 Å². The van der Waals surface area contributed by atoms with Crippen molar-refractivity contribution in [3.63, 3.8) is 0 Å². The molecule has 3 heteroatoms. The van der Waals surface area contributed by atoms with Crippen molar-refractivity contribution in [1.82, 2.24) is 0 Å². The van der Waals surface area contributed by atoms with Gasteiger partial charge in [0.15, 0.2) is 11.5 Å². The Labute approximate surface area is 139 Å². The third-order valence-corrected chi connectivity index (χ3v) is 4.48. The van der Waals surface area contributed by atoms with Gasteiger partial charge in [-0.2, -0.15) is 0 Å². The molecule has 0 N–H and O–H groups in total. The summed E-state index contributed by atoms with van der Waals surface area (Å²) in [5.41, 5.74) is 2.55. The molecule has 23 heavy (non-hydrogen) atoms. The average Bonchev–Trinajstić information content (AvgIpc) is 2.61. The number of methoxy groups -OCH3 is 3. The first kappa shape index (κ1) is 17.2. The molecule has 3 nitrogen and oxygen atoms in total. The summed E-state index contributed by atoms with van der Waals surface area (Å²) < 4.78 is 16.4.